The zero-order chi connectivity index (χ0) is 17.0. The molecule has 0 radical (unpaired) electrons. The van der Waals surface area contributed by atoms with Gasteiger partial charge in [-0.3, -0.25) is 0 Å². The van der Waals surface area contributed by atoms with E-state index in [2.05, 4.69) is 55.6 Å². The minimum absolute atomic E-state index is 0.0904. The molecular formula is C20H22ClNS. The topological polar surface area (TPSA) is 12.0 Å². The van der Waals surface area contributed by atoms with E-state index < -0.39 is 0 Å². The predicted molar refractivity (Wildman–Crippen MR) is 104 cm³/mol. The molecule has 0 spiro atoms. The van der Waals surface area contributed by atoms with Gasteiger partial charge in [0.05, 0.1) is 0 Å². The summed E-state index contributed by atoms with van der Waals surface area (Å²) < 4.78 is 0. The van der Waals surface area contributed by atoms with Crippen LogP contribution in [0.15, 0.2) is 83.6 Å². The van der Waals surface area contributed by atoms with Gasteiger partial charge in [-0.25, -0.2) is 0 Å². The number of allylic oxidation sites excluding steroid dienone is 7. The van der Waals surface area contributed by atoms with Crippen molar-refractivity contribution >= 4 is 28.5 Å². The summed E-state index contributed by atoms with van der Waals surface area (Å²) in [4.78, 5) is 1.17. The van der Waals surface area contributed by atoms with Crippen LogP contribution in [0.2, 0.25) is 0 Å². The Bertz CT molecular complexity index is 719. The third kappa shape index (κ3) is 4.60. The van der Waals surface area contributed by atoms with Gasteiger partial charge in [0, 0.05) is 32.3 Å². The third-order valence-corrected chi connectivity index (χ3v) is 4.95. The highest BCUT2D eigenvalue weighted by molar-refractivity contribution is 7.11. The fourth-order valence-electron chi connectivity index (χ4n) is 2.26. The third-order valence-electron chi connectivity index (χ3n) is 3.76. The van der Waals surface area contributed by atoms with E-state index in [4.69, 9.17) is 11.6 Å². The molecule has 1 aliphatic rings. The number of nitrogens with one attached hydrogen (secondary N) is 1. The molecule has 0 aromatic carbocycles. The zero-order valence-electron chi connectivity index (χ0n) is 13.7. The molecule has 0 saturated carbocycles. The lowest BCUT2D eigenvalue weighted by Gasteiger charge is -2.26. The summed E-state index contributed by atoms with van der Waals surface area (Å²) in [7, 11) is 0. The molecule has 1 aliphatic carbocycles. The molecule has 3 heteroatoms. The number of thiophene rings is 1. The van der Waals surface area contributed by atoms with Gasteiger partial charge in [-0.05, 0) is 36.4 Å². The molecule has 1 atom stereocenters. The molecule has 23 heavy (non-hydrogen) atoms. The molecule has 0 fully saturated rings. The summed E-state index contributed by atoms with van der Waals surface area (Å²) >= 11 is 7.75. The maximum absolute atomic E-state index is 6.05. The first-order valence-corrected chi connectivity index (χ1v) is 8.69. The second kappa shape index (κ2) is 7.20. The Labute approximate surface area is 148 Å². The summed E-state index contributed by atoms with van der Waals surface area (Å²) in [5.41, 5.74) is 3.50. The monoisotopic (exact) mass is 343 g/mol. The van der Waals surface area contributed by atoms with Crippen LogP contribution in [0, 0.1) is 5.41 Å². The van der Waals surface area contributed by atoms with E-state index in [-0.39, 0.29) is 5.41 Å². The largest absolute Gasteiger partial charge is 0.356 e. The van der Waals surface area contributed by atoms with Crippen molar-refractivity contribution in [1.29, 1.82) is 0 Å². The van der Waals surface area contributed by atoms with Crippen LogP contribution in [-0.4, -0.2) is 0 Å². The lowest BCUT2D eigenvalue weighted by molar-refractivity contribution is 0.557. The van der Waals surface area contributed by atoms with Crippen LogP contribution >= 0.6 is 22.9 Å². The Kier molecular flexibility index (Phi) is 5.51. The van der Waals surface area contributed by atoms with Gasteiger partial charge in [-0.2, -0.15) is 0 Å². The van der Waals surface area contributed by atoms with Crippen LogP contribution < -0.4 is 5.32 Å². The maximum atomic E-state index is 6.05. The first-order valence-electron chi connectivity index (χ1n) is 7.43. The van der Waals surface area contributed by atoms with E-state index in [0.717, 1.165) is 34.0 Å². The molecule has 1 nitrogen and oxygen atoms in total. The lowest BCUT2D eigenvalue weighted by Crippen LogP contribution is -2.16. The van der Waals surface area contributed by atoms with Crippen molar-refractivity contribution in [2.45, 2.75) is 20.3 Å². The lowest BCUT2D eigenvalue weighted by atomic mass is 9.81. The van der Waals surface area contributed by atoms with Crippen molar-refractivity contribution < 1.29 is 0 Å². The van der Waals surface area contributed by atoms with E-state index in [1.807, 2.05) is 25.1 Å². The first-order chi connectivity index (χ1) is 10.8. The standard InChI is InChI=1S/C20H22ClNS/c1-14(2)15(3)22-16(4)18(19-7-6-12-23-19)13-20(5)10-8-17(21)9-11-20/h6-10,12-13,22H,1,3-4,11H2,2,5H3/b18-13-. The SMILES string of the molecule is C=C(C)C(=C)NC(=C)/C(=C/C1(C)C=CC(Cl)=CC1)c1cccs1. The fourth-order valence-corrected chi connectivity index (χ4v) is 3.17. The average molecular weight is 344 g/mol. The van der Waals surface area contributed by atoms with Crippen molar-refractivity contribution in [3.05, 3.63) is 88.4 Å². The van der Waals surface area contributed by atoms with Crippen molar-refractivity contribution in [2.24, 2.45) is 5.41 Å². The molecule has 1 N–H and O–H groups in total. The Morgan fingerprint density at radius 3 is 2.61 bits per heavy atom. The minimum atomic E-state index is -0.0904. The Morgan fingerprint density at radius 2 is 2.09 bits per heavy atom. The van der Waals surface area contributed by atoms with Crippen LogP contribution in [0.1, 0.15) is 25.1 Å². The molecule has 1 heterocycles. The summed E-state index contributed by atoms with van der Waals surface area (Å²) in [6.45, 7) is 16.2. The molecule has 1 unspecified atom stereocenters. The van der Waals surface area contributed by atoms with E-state index >= 15 is 0 Å². The van der Waals surface area contributed by atoms with Crippen molar-refractivity contribution in [1.82, 2.24) is 5.32 Å². The van der Waals surface area contributed by atoms with Gasteiger partial charge in [0.1, 0.15) is 0 Å². The molecule has 1 aromatic rings. The van der Waals surface area contributed by atoms with Gasteiger partial charge in [-0.15, -0.1) is 11.3 Å². The van der Waals surface area contributed by atoms with E-state index in [1.165, 1.54) is 4.88 Å². The van der Waals surface area contributed by atoms with Crippen molar-refractivity contribution in [3.63, 3.8) is 0 Å². The highest BCUT2D eigenvalue weighted by atomic mass is 35.5. The van der Waals surface area contributed by atoms with Crippen molar-refractivity contribution in [2.75, 3.05) is 0 Å². The van der Waals surface area contributed by atoms with Gasteiger partial charge in [0.2, 0.25) is 0 Å². The van der Waals surface area contributed by atoms with E-state index in [9.17, 15) is 0 Å². The second-order valence-electron chi connectivity index (χ2n) is 6.03. The minimum Gasteiger partial charge on any atom is -0.356 e. The second-order valence-corrected chi connectivity index (χ2v) is 7.41. The highest BCUT2D eigenvalue weighted by Crippen LogP contribution is 2.37. The van der Waals surface area contributed by atoms with Gasteiger partial charge < -0.3 is 5.32 Å². The molecule has 0 saturated heterocycles. The Morgan fingerprint density at radius 1 is 1.35 bits per heavy atom. The molecule has 2 rings (SSSR count). The summed E-state index contributed by atoms with van der Waals surface area (Å²) in [5.74, 6) is 0. The van der Waals surface area contributed by atoms with Crippen LogP contribution in [0.3, 0.4) is 0 Å². The van der Waals surface area contributed by atoms with Gasteiger partial charge in [0.15, 0.2) is 0 Å². The summed E-state index contributed by atoms with van der Waals surface area (Å²) in [5, 5.41) is 6.13. The molecule has 0 amide bonds. The highest BCUT2D eigenvalue weighted by Gasteiger charge is 2.22. The number of halogens is 1. The van der Waals surface area contributed by atoms with Gasteiger partial charge in [-0.1, -0.05) is 62.6 Å². The normalized spacial score (nSPS) is 20.8. The zero-order valence-corrected chi connectivity index (χ0v) is 15.2. The molecular weight excluding hydrogens is 322 g/mol. The average Bonchev–Trinajstić information content (AvgIpc) is 3.02. The summed E-state index contributed by atoms with van der Waals surface area (Å²) in [6, 6.07) is 4.15. The Hall–Kier alpha value is -1.77. The summed E-state index contributed by atoms with van der Waals surface area (Å²) in [6.07, 6.45) is 9.26. The number of hydrogen-bond acceptors (Lipinski definition) is 2. The molecule has 0 bridgehead atoms. The first kappa shape index (κ1) is 17.6. The smallest absolute Gasteiger partial charge is 0.0396 e. The maximum Gasteiger partial charge on any atom is 0.0396 e. The van der Waals surface area contributed by atoms with Crippen LogP contribution in [0.4, 0.5) is 0 Å². The van der Waals surface area contributed by atoms with Crippen LogP contribution in [0.5, 0.6) is 0 Å². The molecule has 120 valence electrons. The number of hydrogen-bond donors (Lipinski definition) is 1. The van der Waals surface area contributed by atoms with Crippen LogP contribution in [-0.2, 0) is 0 Å². The van der Waals surface area contributed by atoms with Crippen molar-refractivity contribution in [3.8, 4) is 0 Å². The molecule has 1 aromatic heterocycles. The van der Waals surface area contributed by atoms with E-state index in [0.29, 0.717) is 0 Å². The quantitative estimate of drug-likeness (QED) is 0.588. The van der Waals surface area contributed by atoms with Gasteiger partial charge >= 0.3 is 0 Å². The number of rotatable bonds is 6. The Balaban J connectivity index is 2.34. The molecule has 0 aliphatic heterocycles. The van der Waals surface area contributed by atoms with Crippen LogP contribution in [0.25, 0.3) is 5.57 Å². The fraction of sp³-hybridized carbons (Fsp3) is 0.200. The predicted octanol–water partition coefficient (Wildman–Crippen LogP) is 6.41. The van der Waals surface area contributed by atoms with Gasteiger partial charge in [0.25, 0.3) is 0 Å². The van der Waals surface area contributed by atoms with E-state index in [1.54, 1.807) is 11.3 Å².